The van der Waals surface area contributed by atoms with Gasteiger partial charge in [-0.3, -0.25) is 4.79 Å². The summed E-state index contributed by atoms with van der Waals surface area (Å²) in [4.78, 5) is 14.5. The molecule has 1 amide bonds. The van der Waals surface area contributed by atoms with E-state index >= 15 is 0 Å². The predicted molar refractivity (Wildman–Crippen MR) is 79.8 cm³/mol. The zero-order valence-corrected chi connectivity index (χ0v) is 12.6. The Hall–Kier alpha value is -1.46. The summed E-state index contributed by atoms with van der Waals surface area (Å²) >= 11 is 1.32. The lowest BCUT2D eigenvalue weighted by molar-refractivity contribution is 0.0773. The lowest BCUT2D eigenvalue weighted by atomic mass is 10.1. The molecule has 1 heterocycles. The molecule has 1 aromatic carbocycles. The molecule has 2 aromatic rings. The molecule has 0 aliphatic carbocycles. The second-order valence-corrected chi connectivity index (χ2v) is 6.09. The van der Waals surface area contributed by atoms with Crippen LogP contribution in [0.25, 0.3) is 10.1 Å². The summed E-state index contributed by atoms with van der Waals surface area (Å²) in [6, 6.07) is 4.88. The number of benzene rings is 1. The molecule has 5 heteroatoms. The number of aliphatic hydroxyl groups excluding tert-OH is 1. The van der Waals surface area contributed by atoms with Gasteiger partial charge in [0, 0.05) is 23.7 Å². The van der Waals surface area contributed by atoms with Gasteiger partial charge in [-0.2, -0.15) is 0 Å². The lowest BCUT2D eigenvalue weighted by Gasteiger charge is -2.17. The number of nitrogens with zero attached hydrogens (tertiary/aromatic N) is 1. The fraction of sp³-hybridized carbons (Fsp3) is 0.400. The molecule has 0 saturated heterocycles. The molecule has 2 rings (SSSR count). The Morgan fingerprint density at radius 1 is 1.50 bits per heavy atom. The number of fused-ring (bicyclic) bond motifs is 1. The largest absolute Gasteiger partial charge is 0.393 e. The molecular weight excluding hydrogens is 277 g/mol. The van der Waals surface area contributed by atoms with Crippen molar-refractivity contribution in [3.8, 4) is 0 Å². The smallest absolute Gasteiger partial charge is 0.263 e. The van der Waals surface area contributed by atoms with Gasteiger partial charge in [0.15, 0.2) is 0 Å². The molecule has 0 spiro atoms. The minimum atomic E-state index is -0.439. The fourth-order valence-corrected chi connectivity index (χ4v) is 3.33. The highest BCUT2D eigenvalue weighted by Gasteiger charge is 2.20. The third kappa shape index (κ3) is 2.83. The average molecular weight is 295 g/mol. The van der Waals surface area contributed by atoms with E-state index in [4.69, 9.17) is 0 Å². The molecular formula is C15H18FNO2S. The first-order valence-corrected chi connectivity index (χ1v) is 7.34. The topological polar surface area (TPSA) is 40.5 Å². The van der Waals surface area contributed by atoms with Crippen LogP contribution in [0.5, 0.6) is 0 Å². The summed E-state index contributed by atoms with van der Waals surface area (Å²) < 4.78 is 14.6. The van der Waals surface area contributed by atoms with Crippen LogP contribution in [0.4, 0.5) is 4.39 Å². The van der Waals surface area contributed by atoms with Crippen molar-refractivity contribution >= 4 is 27.3 Å². The van der Waals surface area contributed by atoms with Crippen LogP contribution in [0.2, 0.25) is 0 Å². The van der Waals surface area contributed by atoms with Gasteiger partial charge < -0.3 is 10.0 Å². The summed E-state index contributed by atoms with van der Waals surface area (Å²) in [5, 5.41) is 9.81. The van der Waals surface area contributed by atoms with Crippen LogP contribution in [0.1, 0.15) is 28.6 Å². The number of amides is 1. The van der Waals surface area contributed by atoms with Gasteiger partial charge in [-0.1, -0.05) is 6.07 Å². The first-order chi connectivity index (χ1) is 9.41. The van der Waals surface area contributed by atoms with E-state index in [2.05, 4.69) is 0 Å². The Morgan fingerprint density at radius 2 is 2.20 bits per heavy atom. The number of hydrogen-bond donors (Lipinski definition) is 1. The van der Waals surface area contributed by atoms with Crippen molar-refractivity contribution < 1.29 is 14.3 Å². The molecule has 0 bridgehead atoms. The molecule has 0 saturated carbocycles. The van der Waals surface area contributed by atoms with Crippen LogP contribution < -0.4 is 0 Å². The van der Waals surface area contributed by atoms with E-state index in [0.29, 0.717) is 28.8 Å². The number of carbonyl (C=O) groups excluding carboxylic acids is 1. The fourth-order valence-electron chi connectivity index (χ4n) is 2.11. The van der Waals surface area contributed by atoms with Crippen molar-refractivity contribution in [1.29, 1.82) is 0 Å². The minimum absolute atomic E-state index is 0.122. The highest BCUT2D eigenvalue weighted by molar-refractivity contribution is 7.21. The summed E-state index contributed by atoms with van der Waals surface area (Å²) in [5.41, 5.74) is 0.692. The molecule has 1 aromatic heterocycles. The average Bonchev–Trinajstić information content (AvgIpc) is 2.73. The number of rotatable bonds is 4. The molecule has 108 valence electrons. The monoisotopic (exact) mass is 295 g/mol. The van der Waals surface area contributed by atoms with Crippen LogP contribution in [-0.4, -0.2) is 35.6 Å². The van der Waals surface area contributed by atoms with Crippen LogP contribution in [0.15, 0.2) is 18.2 Å². The van der Waals surface area contributed by atoms with Crippen LogP contribution in [-0.2, 0) is 0 Å². The predicted octanol–water partition coefficient (Wildman–Crippen LogP) is 3.19. The normalized spacial score (nSPS) is 12.7. The van der Waals surface area contributed by atoms with Gasteiger partial charge in [0.25, 0.3) is 5.91 Å². The van der Waals surface area contributed by atoms with Gasteiger partial charge in [-0.05, 0) is 38.0 Å². The van der Waals surface area contributed by atoms with Crippen molar-refractivity contribution in [1.82, 2.24) is 4.90 Å². The van der Waals surface area contributed by atoms with Crippen LogP contribution in [0.3, 0.4) is 0 Å². The number of halogens is 1. The maximum Gasteiger partial charge on any atom is 0.263 e. The van der Waals surface area contributed by atoms with Gasteiger partial charge in [-0.25, -0.2) is 4.39 Å². The number of thiophene rings is 1. The van der Waals surface area contributed by atoms with Crippen LogP contribution >= 0.6 is 11.3 Å². The number of carbonyl (C=O) groups is 1. The van der Waals surface area contributed by atoms with E-state index < -0.39 is 6.10 Å². The van der Waals surface area contributed by atoms with Gasteiger partial charge >= 0.3 is 0 Å². The highest BCUT2D eigenvalue weighted by atomic mass is 32.1. The summed E-state index contributed by atoms with van der Waals surface area (Å²) in [6.45, 7) is 3.95. The standard InChI is InChI=1S/C15H18FNO2S/c1-9(18)7-8-17(3)15(19)14-10(2)13-11(16)5-4-6-12(13)20-14/h4-6,9,18H,7-8H2,1-3H3. The lowest BCUT2D eigenvalue weighted by Crippen LogP contribution is -2.29. The number of aliphatic hydroxyl groups is 1. The maximum atomic E-state index is 13.8. The SMILES string of the molecule is Cc1c(C(=O)N(C)CCC(C)O)sc2cccc(F)c12. The van der Waals surface area contributed by atoms with E-state index in [-0.39, 0.29) is 11.7 Å². The third-order valence-electron chi connectivity index (χ3n) is 3.33. The Kier molecular flexibility index (Phi) is 4.40. The Morgan fingerprint density at radius 3 is 2.80 bits per heavy atom. The molecule has 1 atom stereocenters. The van der Waals surface area contributed by atoms with E-state index in [1.807, 2.05) is 6.07 Å². The molecule has 1 N–H and O–H groups in total. The minimum Gasteiger partial charge on any atom is -0.393 e. The van der Waals surface area contributed by atoms with Crippen molar-refractivity contribution in [2.24, 2.45) is 0 Å². The van der Waals surface area contributed by atoms with Gasteiger partial charge in [0.05, 0.1) is 11.0 Å². The van der Waals surface area contributed by atoms with Crippen LogP contribution in [0, 0.1) is 12.7 Å². The molecule has 1 unspecified atom stereocenters. The van der Waals surface area contributed by atoms with Crippen molar-refractivity contribution in [2.45, 2.75) is 26.4 Å². The Labute approximate surface area is 121 Å². The molecule has 0 radical (unpaired) electrons. The number of hydrogen-bond acceptors (Lipinski definition) is 3. The molecule has 3 nitrogen and oxygen atoms in total. The second-order valence-electron chi connectivity index (χ2n) is 5.03. The molecule has 0 aliphatic rings. The van der Waals surface area contributed by atoms with Gasteiger partial charge in [0.2, 0.25) is 0 Å². The maximum absolute atomic E-state index is 13.8. The summed E-state index contributed by atoms with van der Waals surface area (Å²) in [7, 11) is 1.70. The van der Waals surface area contributed by atoms with Gasteiger partial charge in [0.1, 0.15) is 5.82 Å². The third-order valence-corrected chi connectivity index (χ3v) is 4.57. The summed E-state index contributed by atoms with van der Waals surface area (Å²) in [5.74, 6) is -0.411. The molecule has 0 aliphatic heterocycles. The van der Waals surface area contributed by atoms with Crippen molar-refractivity contribution in [3.63, 3.8) is 0 Å². The van der Waals surface area contributed by atoms with E-state index in [1.54, 1.807) is 31.9 Å². The quantitative estimate of drug-likeness (QED) is 0.941. The second kappa shape index (κ2) is 5.89. The zero-order valence-electron chi connectivity index (χ0n) is 11.8. The van der Waals surface area contributed by atoms with E-state index in [1.165, 1.54) is 17.4 Å². The first-order valence-electron chi connectivity index (χ1n) is 6.53. The first kappa shape index (κ1) is 14.9. The Balaban J connectivity index is 2.31. The molecule has 0 fully saturated rings. The number of aryl methyl sites for hydroxylation is 1. The Bertz CT molecular complexity index is 636. The highest BCUT2D eigenvalue weighted by Crippen LogP contribution is 2.33. The molecule has 20 heavy (non-hydrogen) atoms. The zero-order chi connectivity index (χ0) is 14.9. The van der Waals surface area contributed by atoms with Gasteiger partial charge in [-0.15, -0.1) is 11.3 Å². The van der Waals surface area contributed by atoms with E-state index in [0.717, 1.165) is 4.70 Å². The summed E-state index contributed by atoms with van der Waals surface area (Å²) in [6.07, 6.45) is 0.0896. The van der Waals surface area contributed by atoms with E-state index in [9.17, 15) is 14.3 Å². The van der Waals surface area contributed by atoms with Crippen molar-refractivity contribution in [2.75, 3.05) is 13.6 Å². The van der Waals surface area contributed by atoms with Crippen molar-refractivity contribution in [3.05, 3.63) is 34.5 Å².